The highest BCUT2D eigenvalue weighted by Gasteiger charge is 2.22. The van der Waals surface area contributed by atoms with Gasteiger partial charge in [-0.1, -0.05) is 12.1 Å². The lowest BCUT2D eigenvalue weighted by Crippen LogP contribution is -2.49. The lowest BCUT2D eigenvalue weighted by Gasteiger charge is -2.35. The second kappa shape index (κ2) is 8.15. The first-order valence-electron chi connectivity index (χ1n) is 9.22. The van der Waals surface area contributed by atoms with Gasteiger partial charge in [-0.25, -0.2) is 0 Å². The molecule has 2 aromatic heterocycles. The molecule has 4 rings (SSSR count). The quantitative estimate of drug-likeness (QED) is 0.606. The van der Waals surface area contributed by atoms with Crippen molar-refractivity contribution in [2.24, 2.45) is 0 Å². The van der Waals surface area contributed by atoms with E-state index in [-0.39, 0.29) is 5.91 Å². The first-order chi connectivity index (χ1) is 13.6. The van der Waals surface area contributed by atoms with Crippen molar-refractivity contribution < 1.29 is 4.79 Å². The van der Waals surface area contributed by atoms with Crippen LogP contribution in [-0.4, -0.2) is 75.2 Å². The number of aromatic nitrogens is 4. The number of carbonyl (C=O) groups is 1. The summed E-state index contributed by atoms with van der Waals surface area (Å²) in [5, 5.41) is 12.4. The highest BCUT2D eigenvalue weighted by atomic mass is 32.2. The fourth-order valence-electron chi connectivity index (χ4n) is 3.28. The Hall–Kier alpha value is -2.65. The third-order valence-electron chi connectivity index (χ3n) is 4.65. The molecule has 1 aromatic carbocycles. The number of carbonyl (C=O) groups excluding carboxylic acids is 1. The van der Waals surface area contributed by atoms with Crippen LogP contribution in [0.1, 0.15) is 5.56 Å². The van der Waals surface area contributed by atoms with E-state index < -0.39 is 0 Å². The van der Waals surface area contributed by atoms with Gasteiger partial charge in [-0.2, -0.15) is 4.52 Å². The summed E-state index contributed by atoms with van der Waals surface area (Å²) >= 11 is 1.66. The van der Waals surface area contributed by atoms with Crippen LogP contribution >= 0.6 is 11.9 Å². The van der Waals surface area contributed by atoms with E-state index in [9.17, 15) is 4.79 Å². The van der Waals surface area contributed by atoms with E-state index in [1.165, 1.54) is 0 Å². The summed E-state index contributed by atoms with van der Waals surface area (Å²) < 4.78 is 3.72. The third-order valence-corrected chi connectivity index (χ3v) is 5.48. The molecule has 0 saturated carbocycles. The van der Waals surface area contributed by atoms with Crippen molar-refractivity contribution in [3.63, 3.8) is 0 Å². The predicted molar refractivity (Wildman–Crippen MR) is 109 cm³/mol. The molecule has 9 heteroatoms. The average Bonchev–Trinajstić information content (AvgIpc) is 3.15. The van der Waals surface area contributed by atoms with Crippen molar-refractivity contribution in [1.82, 2.24) is 29.0 Å². The molecule has 3 heterocycles. The summed E-state index contributed by atoms with van der Waals surface area (Å²) in [5.74, 6) is 1.06. The smallest absolute Gasteiger partial charge is 0.227 e. The van der Waals surface area contributed by atoms with Gasteiger partial charge < -0.3 is 9.80 Å². The number of piperazine rings is 1. The van der Waals surface area contributed by atoms with Crippen molar-refractivity contribution in [2.75, 3.05) is 45.2 Å². The Morgan fingerprint density at radius 2 is 1.96 bits per heavy atom. The number of nitrogens with zero attached hydrogens (tertiary/aromatic N) is 7. The summed E-state index contributed by atoms with van der Waals surface area (Å²) in [6.45, 7) is 2.94. The van der Waals surface area contributed by atoms with E-state index in [0.29, 0.717) is 19.5 Å². The van der Waals surface area contributed by atoms with Gasteiger partial charge >= 0.3 is 0 Å². The molecule has 0 spiro atoms. The van der Waals surface area contributed by atoms with Gasteiger partial charge in [-0.15, -0.1) is 15.3 Å². The van der Waals surface area contributed by atoms with Crippen LogP contribution < -0.4 is 4.90 Å². The van der Waals surface area contributed by atoms with Gasteiger partial charge in [-0.3, -0.25) is 9.10 Å². The van der Waals surface area contributed by atoms with Crippen LogP contribution in [0.3, 0.4) is 0 Å². The van der Waals surface area contributed by atoms with Crippen molar-refractivity contribution in [1.29, 1.82) is 0 Å². The number of benzene rings is 1. The van der Waals surface area contributed by atoms with E-state index in [1.54, 1.807) is 22.8 Å². The topological polar surface area (TPSA) is 69.9 Å². The molecule has 28 heavy (non-hydrogen) atoms. The summed E-state index contributed by atoms with van der Waals surface area (Å²) in [4.78, 5) is 18.0. The Morgan fingerprint density at radius 3 is 2.75 bits per heavy atom. The van der Waals surface area contributed by atoms with Crippen molar-refractivity contribution in [2.45, 2.75) is 11.3 Å². The lowest BCUT2D eigenvalue weighted by atomic mass is 10.1. The molecule has 3 aromatic rings. The maximum Gasteiger partial charge on any atom is 0.227 e. The molecule has 0 aliphatic carbocycles. The Kier molecular flexibility index (Phi) is 5.45. The van der Waals surface area contributed by atoms with Crippen LogP contribution in [0.4, 0.5) is 5.82 Å². The molecular weight excluding hydrogens is 374 g/mol. The summed E-state index contributed by atoms with van der Waals surface area (Å²) in [6.07, 6.45) is 2.04. The van der Waals surface area contributed by atoms with Crippen LogP contribution in [0.2, 0.25) is 0 Å². The van der Waals surface area contributed by atoms with Gasteiger partial charge in [0.1, 0.15) is 12.1 Å². The SMILES string of the molecule is CN(C)Sc1cccc(CC(=O)N2CCN(c3ccc4nncn4n3)CC2)c1. The molecule has 1 amide bonds. The highest BCUT2D eigenvalue weighted by molar-refractivity contribution is 7.97. The maximum atomic E-state index is 12.7. The van der Waals surface area contributed by atoms with E-state index in [4.69, 9.17) is 0 Å². The molecule has 8 nitrogen and oxygen atoms in total. The van der Waals surface area contributed by atoms with Crippen LogP contribution in [0.5, 0.6) is 0 Å². The summed E-state index contributed by atoms with van der Waals surface area (Å²) in [7, 11) is 4.02. The van der Waals surface area contributed by atoms with Crippen LogP contribution in [-0.2, 0) is 11.2 Å². The van der Waals surface area contributed by atoms with Crippen molar-refractivity contribution in [3.05, 3.63) is 48.3 Å². The number of amides is 1. The van der Waals surface area contributed by atoms with Crippen molar-refractivity contribution in [3.8, 4) is 0 Å². The van der Waals surface area contributed by atoms with Gasteiger partial charge in [0.25, 0.3) is 0 Å². The van der Waals surface area contributed by atoms with E-state index in [1.807, 2.05) is 47.6 Å². The van der Waals surface area contributed by atoms with Crippen LogP contribution in [0, 0.1) is 0 Å². The van der Waals surface area contributed by atoms with Gasteiger partial charge in [0.05, 0.1) is 6.42 Å². The first kappa shape index (κ1) is 18.7. The minimum absolute atomic E-state index is 0.175. The monoisotopic (exact) mass is 397 g/mol. The van der Waals surface area contributed by atoms with Gasteiger partial charge in [0, 0.05) is 31.1 Å². The Morgan fingerprint density at radius 1 is 1.14 bits per heavy atom. The number of rotatable bonds is 5. The molecule has 1 saturated heterocycles. The standard InChI is InChI=1S/C19H23N7OS/c1-23(2)28-16-5-3-4-15(12-16)13-19(27)25-10-8-24(9-11-25)18-7-6-17-21-20-14-26(17)22-18/h3-7,12,14H,8-11,13H2,1-2H3. The van der Waals surface area contributed by atoms with Crippen molar-refractivity contribution >= 4 is 29.3 Å². The molecule has 1 fully saturated rings. The zero-order valence-electron chi connectivity index (χ0n) is 16.0. The molecule has 0 atom stereocenters. The van der Waals surface area contributed by atoms with Gasteiger partial charge in [-0.05, 0) is 55.9 Å². The largest absolute Gasteiger partial charge is 0.352 e. The minimum Gasteiger partial charge on any atom is -0.352 e. The summed E-state index contributed by atoms with van der Waals surface area (Å²) in [6, 6.07) is 12.1. The normalized spacial score (nSPS) is 14.8. The number of anilines is 1. The fraction of sp³-hybridized carbons (Fsp3) is 0.368. The zero-order valence-corrected chi connectivity index (χ0v) is 16.8. The third kappa shape index (κ3) is 4.26. The van der Waals surface area contributed by atoms with Crippen LogP contribution in [0.25, 0.3) is 5.65 Å². The summed E-state index contributed by atoms with van der Waals surface area (Å²) in [5.41, 5.74) is 1.78. The zero-order chi connectivity index (χ0) is 19.5. The predicted octanol–water partition coefficient (Wildman–Crippen LogP) is 1.58. The molecule has 1 aliphatic rings. The minimum atomic E-state index is 0.175. The first-order valence-corrected chi connectivity index (χ1v) is 10.00. The Labute approximate surface area is 168 Å². The molecule has 0 N–H and O–H groups in total. The second-order valence-corrected chi connectivity index (χ2v) is 8.31. The lowest BCUT2D eigenvalue weighted by molar-refractivity contribution is -0.130. The average molecular weight is 398 g/mol. The number of hydrogen-bond donors (Lipinski definition) is 0. The Bertz CT molecular complexity index is 966. The highest BCUT2D eigenvalue weighted by Crippen LogP contribution is 2.21. The number of fused-ring (bicyclic) bond motifs is 1. The second-order valence-electron chi connectivity index (χ2n) is 6.92. The molecule has 146 valence electrons. The maximum absolute atomic E-state index is 12.7. The number of hydrogen-bond acceptors (Lipinski definition) is 7. The Balaban J connectivity index is 1.35. The van der Waals surface area contributed by atoms with E-state index >= 15 is 0 Å². The molecule has 0 unspecified atom stereocenters. The van der Waals surface area contributed by atoms with E-state index in [0.717, 1.165) is 35.0 Å². The van der Waals surface area contributed by atoms with Crippen LogP contribution in [0.15, 0.2) is 47.6 Å². The molecule has 1 aliphatic heterocycles. The molecule has 0 radical (unpaired) electrons. The molecule has 0 bridgehead atoms. The van der Waals surface area contributed by atoms with E-state index in [2.05, 4.69) is 32.3 Å². The van der Waals surface area contributed by atoms with Gasteiger partial charge in [0.2, 0.25) is 5.91 Å². The molecular formula is C19H23N7OS. The van der Waals surface area contributed by atoms with Gasteiger partial charge in [0.15, 0.2) is 5.65 Å². The fourth-order valence-corrected chi connectivity index (χ4v) is 4.05.